The van der Waals surface area contributed by atoms with Gasteiger partial charge in [-0.25, -0.2) is 4.79 Å². The van der Waals surface area contributed by atoms with Gasteiger partial charge in [0.25, 0.3) is 11.8 Å². The number of carbonyl (C=O) groups is 4. The molecule has 0 fully saturated rings. The normalized spacial score (nSPS) is 19.7. The molecule has 0 saturated heterocycles. The zero-order chi connectivity index (χ0) is 30.2. The lowest BCUT2D eigenvalue weighted by Gasteiger charge is -2.31. The Labute approximate surface area is 240 Å². The maximum Gasteiger partial charge on any atom is 0.326 e. The standard InChI is InChI=1S/C29H44N6O6/c1-6-19(2)24-26(38)31-14-9-17-35-22-18-20(11-12-21(22)32-28(35)40)25(37)30-13-8-16-34(15-7-10-23(36)33-24)27(39)29(3,4)41-5/h11-12,18-19,24H,6-10,13-17H2,1-5H3,(H,30,37)(H,31,38)(H,32,40)(H,33,36)/t19-,24-/m0/s1. The lowest BCUT2D eigenvalue weighted by Crippen LogP contribution is -2.50. The summed E-state index contributed by atoms with van der Waals surface area (Å²) in [5.41, 5.74) is 0.292. The van der Waals surface area contributed by atoms with E-state index in [9.17, 15) is 24.0 Å². The first-order valence-corrected chi connectivity index (χ1v) is 14.4. The van der Waals surface area contributed by atoms with Gasteiger partial charge in [0.2, 0.25) is 11.8 Å². The number of amides is 4. The average Bonchev–Trinajstić information content (AvgIpc) is 3.27. The van der Waals surface area contributed by atoms with Crippen molar-refractivity contribution in [1.29, 1.82) is 0 Å². The van der Waals surface area contributed by atoms with Crippen LogP contribution in [-0.2, 0) is 25.7 Å². The molecule has 0 saturated carbocycles. The van der Waals surface area contributed by atoms with Crippen LogP contribution in [-0.4, -0.2) is 83.0 Å². The van der Waals surface area contributed by atoms with Crippen LogP contribution in [0, 0.1) is 5.92 Å². The van der Waals surface area contributed by atoms with Gasteiger partial charge in [-0.2, -0.15) is 0 Å². The minimum absolute atomic E-state index is 0.0826. The molecule has 41 heavy (non-hydrogen) atoms. The van der Waals surface area contributed by atoms with Crippen molar-refractivity contribution in [2.24, 2.45) is 5.92 Å². The first-order chi connectivity index (χ1) is 19.5. The van der Waals surface area contributed by atoms with Crippen LogP contribution in [0.25, 0.3) is 11.0 Å². The summed E-state index contributed by atoms with van der Waals surface area (Å²) in [7, 11) is 1.47. The smallest absolute Gasteiger partial charge is 0.326 e. The number of aryl methyl sites for hydroxylation is 1. The van der Waals surface area contributed by atoms with Gasteiger partial charge in [-0.3, -0.25) is 23.7 Å². The molecule has 1 aliphatic heterocycles. The van der Waals surface area contributed by atoms with Crippen molar-refractivity contribution in [1.82, 2.24) is 30.4 Å². The number of fused-ring (bicyclic) bond motifs is 1. The van der Waals surface area contributed by atoms with E-state index >= 15 is 0 Å². The molecule has 0 unspecified atom stereocenters. The van der Waals surface area contributed by atoms with Crippen LogP contribution < -0.4 is 21.6 Å². The van der Waals surface area contributed by atoms with E-state index < -0.39 is 11.6 Å². The third kappa shape index (κ3) is 8.18. The fourth-order valence-electron chi connectivity index (χ4n) is 4.81. The molecule has 1 aromatic carbocycles. The number of imidazole rings is 1. The third-order valence-electron chi connectivity index (χ3n) is 7.74. The number of ether oxygens (including phenoxy) is 1. The fraction of sp³-hybridized carbons (Fsp3) is 0.621. The summed E-state index contributed by atoms with van der Waals surface area (Å²) in [5.74, 6) is -1.11. The highest BCUT2D eigenvalue weighted by Gasteiger charge is 2.32. The molecule has 0 spiro atoms. The lowest BCUT2D eigenvalue weighted by molar-refractivity contribution is -0.151. The summed E-state index contributed by atoms with van der Waals surface area (Å²) >= 11 is 0. The average molecular weight is 573 g/mol. The predicted octanol–water partition coefficient (Wildman–Crippen LogP) is 1.53. The molecule has 12 nitrogen and oxygen atoms in total. The van der Waals surface area contributed by atoms with Gasteiger partial charge >= 0.3 is 5.69 Å². The number of methoxy groups -OCH3 is 1. The zero-order valence-electron chi connectivity index (χ0n) is 24.8. The molecular formula is C29H44N6O6. The molecule has 0 aliphatic carbocycles. The Morgan fingerprint density at radius 2 is 1.73 bits per heavy atom. The quantitative estimate of drug-likeness (QED) is 0.436. The fourth-order valence-corrected chi connectivity index (χ4v) is 4.81. The maximum absolute atomic E-state index is 13.2. The number of hydrogen-bond donors (Lipinski definition) is 4. The highest BCUT2D eigenvalue weighted by Crippen LogP contribution is 2.16. The number of benzene rings is 1. The second kappa shape index (κ2) is 14.3. The summed E-state index contributed by atoms with van der Waals surface area (Å²) in [5, 5.41) is 8.66. The van der Waals surface area contributed by atoms with Crippen molar-refractivity contribution in [2.75, 3.05) is 33.3 Å². The van der Waals surface area contributed by atoms with E-state index in [1.54, 1.807) is 41.5 Å². The molecule has 4 N–H and O–H groups in total. The monoisotopic (exact) mass is 572 g/mol. The molecule has 2 atom stereocenters. The van der Waals surface area contributed by atoms with Gasteiger partial charge in [-0.05, 0) is 57.2 Å². The number of nitrogens with one attached hydrogen (secondary N) is 4. The summed E-state index contributed by atoms with van der Waals surface area (Å²) in [6, 6.07) is 4.34. The first kappa shape index (κ1) is 31.9. The number of aromatic nitrogens is 2. The number of H-pyrrole nitrogens is 1. The third-order valence-corrected chi connectivity index (χ3v) is 7.74. The summed E-state index contributed by atoms with van der Waals surface area (Å²) in [6.45, 7) is 8.93. The Balaban J connectivity index is 1.85. The zero-order valence-corrected chi connectivity index (χ0v) is 24.8. The predicted molar refractivity (Wildman–Crippen MR) is 155 cm³/mol. The van der Waals surface area contributed by atoms with Crippen LogP contribution in [0.4, 0.5) is 0 Å². The Bertz CT molecular complexity index is 1300. The Hall–Kier alpha value is -3.67. The van der Waals surface area contributed by atoms with Crippen molar-refractivity contribution in [3.05, 3.63) is 34.2 Å². The van der Waals surface area contributed by atoms with Crippen LogP contribution in [0.5, 0.6) is 0 Å². The molecule has 2 bridgehead atoms. The minimum atomic E-state index is -1.04. The lowest BCUT2D eigenvalue weighted by atomic mass is 9.98. The van der Waals surface area contributed by atoms with E-state index in [-0.39, 0.29) is 41.7 Å². The van der Waals surface area contributed by atoms with Crippen LogP contribution in [0.3, 0.4) is 0 Å². The van der Waals surface area contributed by atoms with E-state index in [0.717, 1.165) is 0 Å². The molecule has 1 aromatic heterocycles. The minimum Gasteiger partial charge on any atom is -0.369 e. The van der Waals surface area contributed by atoms with Crippen molar-refractivity contribution in [3.8, 4) is 0 Å². The summed E-state index contributed by atoms with van der Waals surface area (Å²) in [6.07, 6.45) is 2.24. The van der Waals surface area contributed by atoms with E-state index in [0.29, 0.717) is 75.0 Å². The topological polar surface area (TPSA) is 155 Å². The van der Waals surface area contributed by atoms with Gasteiger partial charge in [0.05, 0.1) is 11.0 Å². The summed E-state index contributed by atoms with van der Waals surface area (Å²) in [4.78, 5) is 69.0. The molecule has 3 rings (SSSR count). The van der Waals surface area contributed by atoms with Gasteiger partial charge in [0.1, 0.15) is 11.6 Å². The maximum atomic E-state index is 13.2. The Kier molecular flexibility index (Phi) is 11.1. The van der Waals surface area contributed by atoms with Crippen LogP contribution in [0.1, 0.15) is 70.2 Å². The summed E-state index contributed by atoms with van der Waals surface area (Å²) < 4.78 is 6.94. The van der Waals surface area contributed by atoms with Crippen LogP contribution in [0.2, 0.25) is 0 Å². The second-order valence-electron chi connectivity index (χ2n) is 11.1. The second-order valence-corrected chi connectivity index (χ2v) is 11.1. The number of hydrogen-bond acceptors (Lipinski definition) is 6. The number of aromatic amines is 1. The molecule has 12 heteroatoms. The molecule has 0 radical (unpaired) electrons. The molecule has 2 aromatic rings. The SMILES string of the molecule is CC[C@H](C)[C@@H]1NC(=O)CCCN(C(=O)C(C)(C)OC)CCCNC(=O)c2ccc3[nH]c(=O)n(c3c2)CCCNC1=O. The highest BCUT2D eigenvalue weighted by molar-refractivity contribution is 5.97. The van der Waals surface area contributed by atoms with E-state index in [2.05, 4.69) is 20.9 Å². The number of carbonyl (C=O) groups excluding carboxylic acids is 4. The van der Waals surface area contributed by atoms with E-state index in [4.69, 9.17) is 4.74 Å². The van der Waals surface area contributed by atoms with E-state index in [1.165, 1.54) is 7.11 Å². The molecule has 4 amide bonds. The largest absolute Gasteiger partial charge is 0.369 e. The van der Waals surface area contributed by atoms with Crippen molar-refractivity contribution < 1.29 is 23.9 Å². The number of rotatable bonds is 4. The molecular weight excluding hydrogens is 528 g/mol. The number of nitrogens with zero attached hydrogens (tertiary/aromatic N) is 2. The Morgan fingerprint density at radius 1 is 1.05 bits per heavy atom. The first-order valence-electron chi connectivity index (χ1n) is 14.4. The van der Waals surface area contributed by atoms with Gasteiger partial charge in [-0.15, -0.1) is 0 Å². The van der Waals surface area contributed by atoms with Crippen molar-refractivity contribution in [3.63, 3.8) is 0 Å². The van der Waals surface area contributed by atoms with Crippen molar-refractivity contribution in [2.45, 2.75) is 78.0 Å². The molecule has 226 valence electrons. The van der Waals surface area contributed by atoms with Crippen LogP contribution in [0.15, 0.2) is 23.0 Å². The Morgan fingerprint density at radius 3 is 2.44 bits per heavy atom. The van der Waals surface area contributed by atoms with Gasteiger partial charge in [0, 0.05) is 51.8 Å². The van der Waals surface area contributed by atoms with Gasteiger partial charge < -0.3 is 30.6 Å². The molecule has 2 heterocycles. The van der Waals surface area contributed by atoms with E-state index in [1.807, 2.05) is 13.8 Å². The van der Waals surface area contributed by atoms with Gasteiger partial charge in [0.15, 0.2) is 0 Å². The van der Waals surface area contributed by atoms with Gasteiger partial charge in [-0.1, -0.05) is 20.3 Å². The van der Waals surface area contributed by atoms with Crippen molar-refractivity contribution >= 4 is 34.7 Å². The highest BCUT2D eigenvalue weighted by atomic mass is 16.5. The molecule has 1 aliphatic rings. The van der Waals surface area contributed by atoms with Crippen LogP contribution >= 0.6 is 0 Å².